The summed E-state index contributed by atoms with van der Waals surface area (Å²) in [6.07, 6.45) is -0.198. The van der Waals surface area contributed by atoms with E-state index in [1.807, 2.05) is 43.5 Å². The third kappa shape index (κ3) is 3.72. The second kappa shape index (κ2) is 6.27. The minimum Gasteiger partial charge on any atom is -0.482 e. The molecule has 2 N–H and O–H groups in total. The first-order chi connectivity index (χ1) is 8.97. The summed E-state index contributed by atoms with van der Waals surface area (Å²) in [5.74, 6) is 0.666. The highest BCUT2D eigenvalue weighted by atomic mass is 79.9. The Bertz CT molecular complexity index is 570. The van der Waals surface area contributed by atoms with Crippen LogP contribution in [-0.2, 0) is 0 Å². The highest BCUT2D eigenvalue weighted by Crippen LogP contribution is 2.34. The predicted molar refractivity (Wildman–Crippen MR) is 85.2 cm³/mol. The van der Waals surface area contributed by atoms with E-state index in [2.05, 4.69) is 15.9 Å². The van der Waals surface area contributed by atoms with Gasteiger partial charge in [0.1, 0.15) is 11.9 Å². The fourth-order valence-electron chi connectivity index (χ4n) is 1.74. The number of halogens is 2. The molecule has 2 unspecified atom stereocenters. The van der Waals surface area contributed by atoms with Crippen molar-refractivity contribution in [2.45, 2.75) is 26.0 Å². The van der Waals surface area contributed by atoms with E-state index < -0.39 is 0 Å². The first-order valence-corrected chi connectivity index (χ1v) is 7.94. The Morgan fingerprint density at radius 3 is 2.63 bits per heavy atom. The molecule has 5 heteroatoms. The van der Waals surface area contributed by atoms with Crippen LogP contribution in [0.3, 0.4) is 0 Å². The van der Waals surface area contributed by atoms with Crippen LogP contribution in [0.1, 0.15) is 23.5 Å². The first-order valence-electron chi connectivity index (χ1n) is 5.89. The van der Waals surface area contributed by atoms with E-state index in [4.69, 9.17) is 22.1 Å². The molecule has 2 rings (SSSR count). The maximum absolute atomic E-state index is 6.20. The highest BCUT2D eigenvalue weighted by Gasteiger charge is 2.21. The average molecular weight is 361 g/mol. The molecule has 0 spiro atoms. The van der Waals surface area contributed by atoms with E-state index in [1.54, 1.807) is 11.3 Å². The largest absolute Gasteiger partial charge is 0.482 e. The van der Waals surface area contributed by atoms with Gasteiger partial charge in [0, 0.05) is 20.8 Å². The summed E-state index contributed by atoms with van der Waals surface area (Å²) in [5, 5.41) is 2.63. The molecule has 0 aliphatic heterocycles. The van der Waals surface area contributed by atoms with Gasteiger partial charge in [-0.15, -0.1) is 11.3 Å². The molecule has 1 aromatic carbocycles. The number of aryl methyl sites for hydroxylation is 1. The van der Waals surface area contributed by atoms with Crippen molar-refractivity contribution >= 4 is 38.9 Å². The third-order valence-corrected chi connectivity index (χ3v) is 4.74. The van der Waals surface area contributed by atoms with E-state index in [-0.39, 0.29) is 12.1 Å². The van der Waals surface area contributed by atoms with Crippen molar-refractivity contribution in [2.24, 2.45) is 5.73 Å². The lowest BCUT2D eigenvalue weighted by atomic mass is 10.1. The smallest absolute Gasteiger partial charge is 0.148 e. The molecule has 2 nitrogen and oxygen atoms in total. The van der Waals surface area contributed by atoms with Crippen molar-refractivity contribution in [1.82, 2.24) is 0 Å². The van der Waals surface area contributed by atoms with Gasteiger partial charge in [-0.2, -0.15) is 0 Å². The summed E-state index contributed by atoms with van der Waals surface area (Å²) in [7, 11) is 0. The lowest BCUT2D eigenvalue weighted by molar-refractivity contribution is 0.184. The minimum absolute atomic E-state index is 0.122. The van der Waals surface area contributed by atoms with Crippen LogP contribution in [0.4, 0.5) is 0 Å². The number of hydrogen-bond donors (Lipinski definition) is 1. The molecule has 0 aliphatic rings. The van der Waals surface area contributed by atoms with Crippen LogP contribution in [0.2, 0.25) is 5.02 Å². The Labute approximate surface area is 130 Å². The molecular weight excluding hydrogens is 346 g/mol. The van der Waals surface area contributed by atoms with E-state index in [0.717, 1.165) is 14.9 Å². The molecule has 0 bridgehead atoms. The molecule has 19 heavy (non-hydrogen) atoms. The monoisotopic (exact) mass is 359 g/mol. The average Bonchev–Trinajstić information content (AvgIpc) is 2.74. The van der Waals surface area contributed by atoms with Gasteiger partial charge in [-0.3, -0.25) is 0 Å². The van der Waals surface area contributed by atoms with Crippen LogP contribution in [0, 0.1) is 6.92 Å². The zero-order chi connectivity index (χ0) is 14.0. The van der Waals surface area contributed by atoms with E-state index in [0.29, 0.717) is 10.8 Å². The van der Waals surface area contributed by atoms with Gasteiger partial charge in [0.05, 0.1) is 5.02 Å². The fourth-order valence-corrected chi connectivity index (χ4v) is 3.61. The fraction of sp³-hybridized carbons (Fsp3) is 0.286. The van der Waals surface area contributed by atoms with Crippen LogP contribution < -0.4 is 10.5 Å². The molecule has 1 aromatic heterocycles. The zero-order valence-electron chi connectivity index (χ0n) is 10.7. The maximum atomic E-state index is 6.20. The Hall–Kier alpha value is -0.550. The molecule has 1 heterocycles. The van der Waals surface area contributed by atoms with Crippen molar-refractivity contribution in [3.05, 3.63) is 49.6 Å². The normalized spacial score (nSPS) is 14.2. The summed E-state index contributed by atoms with van der Waals surface area (Å²) >= 11 is 11.3. The van der Waals surface area contributed by atoms with Crippen molar-refractivity contribution in [1.29, 1.82) is 0 Å². The van der Waals surface area contributed by atoms with E-state index >= 15 is 0 Å². The Balaban J connectivity index is 2.26. The maximum Gasteiger partial charge on any atom is 0.148 e. The van der Waals surface area contributed by atoms with Crippen LogP contribution in [0.15, 0.2) is 34.1 Å². The summed E-state index contributed by atoms with van der Waals surface area (Å²) < 4.78 is 7.03. The van der Waals surface area contributed by atoms with E-state index in [1.165, 1.54) is 0 Å². The first kappa shape index (κ1) is 14.9. The minimum atomic E-state index is -0.198. The summed E-state index contributed by atoms with van der Waals surface area (Å²) in [6.45, 7) is 3.93. The van der Waals surface area contributed by atoms with Crippen molar-refractivity contribution < 1.29 is 4.74 Å². The van der Waals surface area contributed by atoms with E-state index in [9.17, 15) is 0 Å². The summed E-state index contributed by atoms with van der Waals surface area (Å²) in [5.41, 5.74) is 7.13. The van der Waals surface area contributed by atoms with Crippen molar-refractivity contribution in [2.75, 3.05) is 0 Å². The second-order valence-electron chi connectivity index (χ2n) is 4.50. The Morgan fingerprint density at radius 2 is 2.11 bits per heavy atom. The highest BCUT2D eigenvalue weighted by molar-refractivity contribution is 9.10. The number of rotatable bonds is 4. The van der Waals surface area contributed by atoms with Crippen LogP contribution in [0.5, 0.6) is 5.75 Å². The number of hydrogen-bond acceptors (Lipinski definition) is 3. The number of ether oxygens (including phenoxy) is 1. The van der Waals surface area contributed by atoms with Crippen LogP contribution >= 0.6 is 38.9 Å². The number of thiophene rings is 1. The lowest BCUT2D eigenvalue weighted by Gasteiger charge is -2.22. The van der Waals surface area contributed by atoms with Crippen LogP contribution in [-0.4, -0.2) is 6.04 Å². The SMILES string of the molecule is Cc1ccc(OC(c2cc(Br)cs2)C(C)N)c(Cl)c1. The van der Waals surface area contributed by atoms with Gasteiger partial charge in [0.15, 0.2) is 0 Å². The van der Waals surface area contributed by atoms with Gasteiger partial charge in [-0.25, -0.2) is 0 Å². The molecule has 0 aliphatic carbocycles. The van der Waals surface area contributed by atoms with Gasteiger partial charge >= 0.3 is 0 Å². The molecular formula is C14H15BrClNOS. The third-order valence-electron chi connectivity index (χ3n) is 2.69. The van der Waals surface area contributed by atoms with Gasteiger partial charge < -0.3 is 10.5 Å². The quantitative estimate of drug-likeness (QED) is 0.838. The summed E-state index contributed by atoms with van der Waals surface area (Å²) in [6, 6.07) is 7.66. The molecule has 0 saturated heterocycles. The second-order valence-corrected chi connectivity index (χ2v) is 6.76. The van der Waals surface area contributed by atoms with Crippen molar-refractivity contribution in [3.63, 3.8) is 0 Å². The van der Waals surface area contributed by atoms with Crippen molar-refractivity contribution in [3.8, 4) is 5.75 Å². The molecule has 2 atom stereocenters. The molecule has 102 valence electrons. The molecule has 0 radical (unpaired) electrons. The predicted octanol–water partition coefficient (Wildman–Crippen LogP) is 4.94. The number of nitrogens with two attached hydrogens (primary N) is 1. The topological polar surface area (TPSA) is 35.2 Å². The van der Waals surface area contributed by atoms with Crippen LogP contribution in [0.25, 0.3) is 0 Å². The Kier molecular flexibility index (Phi) is 4.90. The Morgan fingerprint density at radius 1 is 1.37 bits per heavy atom. The molecule has 2 aromatic rings. The van der Waals surface area contributed by atoms with Gasteiger partial charge in [0.25, 0.3) is 0 Å². The zero-order valence-corrected chi connectivity index (χ0v) is 13.8. The molecule has 0 fully saturated rings. The molecule has 0 saturated carbocycles. The van der Waals surface area contributed by atoms with Gasteiger partial charge in [0.2, 0.25) is 0 Å². The standard InChI is InChI=1S/C14H15BrClNOS/c1-8-3-4-12(11(16)5-8)18-14(9(2)17)13-6-10(15)7-19-13/h3-7,9,14H,17H2,1-2H3. The molecule has 0 amide bonds. The van der Waals surface area contributed by atoms with Gasteiger partial charge in [-0.1, -0.05) is 17.7 Å². The lowest BCUT2D eigenvalue weighted by Crippen LogP contribution is -2.28. The number of benzene rings is 1. The van der Waals surface area contributed by atoms with Gasteiger partial charge in [-0.05, 0) is 53.5 Å². The summed E-state index contributed by atoms with van der Waals surface area (Å²) in [4.78, 5) is 1.08.